The number of H-pyrrole nitrogens is 1. The van der Waals surface area contributed by atoms with Crippen LogP contribution in [0.1, 0.15) is 84.6 Å². The molecule has 0 fully saturated rings. The predicted octanol–water partition coefficient (Wildman–Crippen LogP) is 10.9. The molecule has 0 spiro atoms. The number of hydrogen-bond acceptors (Lipinski definition) is 26. The number of hydrogen-bond donors (Lipinski definition) is 2. The summed E-state index contributed by atoms with van der Waals surface area (Å²) >= 11 is 19.9. The SMILES string of the molecule is C.C.CCCn1c(=O)c2[nH]c(-c3cnn(Cc4cccc(C(F)(F)F)c4)c3)nc2n(CC)c1=O.CCCn1c(=O)c2c(nc(-c3cnn(Cc4cccc(C(F)(F)F)c4)c3)n2C(=O)OCCOCCOC)n(CC)c1=O.COC(=O)OC(Cl)(Cl)Cl.COCCOCCO.COCCOCCOC(=O)Cl.COCCOCCOC(C)=O. The Morgan fingerprint density at radius 1 is 0.539 bits per heavy atom. The lowest BCUT2D eigenvalue weighted by Crippen LogP contribution is -2.40. The van der Waals surface area contributed by atoms with Crippen molar-refractivity contribution in [1.29, 1.82) is 0 Å². The fourth-order valence-electron chi connectivity index (χ4n) is 9.39. The first-order chi connectivity index (χ1) is 53.7. The van der Waals surface area contributed by atoms with Crippen LogP contribution in [0.3, 0.4) is 0 Å². The second-order valence-electron chi connectivity index (χ2n) is 22.6. The van der Waals surface area contributed by atoms with Crippen LogP contribution in [0, 0.1) is 0 Å². The largest absolute Gasteiger partial charge is 0.511 e. The molecule has 0 unspecified atom stereocenters. The zero-order valence-electron chi connectivity index (χ0n) is 63.6. The van der Waals surface area contributed by atoms with Gasteiger partial charge in [-0.15, -0.1) is 0 Å². The molecular formula is C71H100Cl4F6N12O22. The Morgan fingerprint density at radius 3 is 1.37 bits per heavy atom. The van der Waals surface area contributed by atoms with Gasteiger partial charge in [0, 0.05) is 85.5 Å². The van der Waals surface area contributed by atoms with Crippen LogP contribution in [-0.4, -0.2) is 231 Å². The minimum Gasteiger partial charge on any atom is -0.463 e. The Bertz CT molecular complexity index is 4410. The number of nitrogens with zero attached hydrogens (tertiary/aromatic N) is 11. The molecule has 0 atom stereocenters. The van der Waals surface area contributed by atoms with Crippen LogP contribution in [0.4, 0.5) is 40.7 Å². The van der Waals surface area contributed by atoms with Crippen LogP contribution >= 0.6 is 46.4 Å². The van der Waals surface area contributed by atoms with Gasteiger partial charge in [-0.3, -0.25) is 42.0 Å². The number of benzene rings is 2. The average molecular weight is 1730 g/mol. The van der Waals surface area contributed by atoms with E-state index < -0.39 is 67.6 Å². The van der Waals surface area contributed by atoms with Gasteiger partial charge in [-0.25, -0.2) is 38.5 Å². The number of fused-ring (bicyclic) bond motifs is 2. The summed E-state index contributed by atoms with van der Waals surface area (Å²) in [4.78, 5) is 108. The highest BCUT2D eigenvalue weighted by molar-refractivity contribution is 6.66. The number of aromatic nitrogens is 12. The van der Waals surface area contributed by atoms with Crippen molar-refractivity contribution in [1.82, 2.24) is 57.3 Å². The van der Waals surface area contributed by atoms with E-state index in [1.807, 2.05) is 13.8 Å². The third-order valence-corrected chi connectivity index (χ3v) is 14.7. The van der Waals surface area contributed by atoms with Gasteiger partial charge in [0.15, 0.2) is 22.6 Å². The minimum atomic E-state index is -4.49. The van der Waals surface area contributed by atoms with Crippen LogP contribution in [0.5, 0.6) is 0 Å². The van der Waals surface area contributed by atoms with Gasteiger partial charge in [0.2, 0.25) is 0 Å². The molecule has 115 heavy (non-hydrogen) atoms. The summed E-state index contributed by atoms with van der Waals surface area (Å²) in [6.07, 6.45) is -3.76. The average Bonchev–Trinajstić information content (AvgIpc) is 1.59. The van der Waals surface area contributed by atoms with Gasteiger partial charge in [-0.05, 0) is 96.9 Å². The second kappa shape index (κ2) is 54.9. The van der Waals surface area contributed by atoms with Crippen molar-refractivity contribution in [3.8, 4) is 22.8 Å². The Morgan fingerprint density at radius 2 is 0.965 bits per heavy atom. The van der Waals surface area contributed by atoms with Crippen molar-refractivity contribution in [3.05, 3.63) is 137 Å². The van der Waals surface area contributed by atoms with Crippen LogP contribution in [0.2, 0.25) is 0 Å². The zero-order valence-corrected chi connectivity index (χ0v) is 66.6. The molecule has 2 N–H and O–H groups in total. The maximum atomic E-state index is 13.5. The first-order valence-corrected chi connectivity index (χ1v) is 36.0. The molecule has 0 aliphatic rings. The molecule has 2 aromatic carbocycles. The van der Waals surface area contributed by atoms with Crippen molar-refractivity contribution >= 4 is 92.4 Å². The smallest absolute Gasteiger partial charge is 0.463 e. The standard InChI is InChI=1S/C27H31F3N6O6.C21H21F3N6O2.C7H14O4.C6H11ClO4.C5H12O3.C3H3Cl3O3.2CH4/c1-4-9-35-24(37)21-23(34(5-2)25(35)38)32-22(36(21)26(39)42-13-12-41-11-10-40-3)19-15-31-33(17-19)16-18-7-6-8-20(14-18)27(28,29)30;1-3-8-30-19(31)16-18(29(4-2)20(30)32)27-17(26-16)14-10-25-28(12-14)11-13-6-5-7-15(9-13)21(22,23)24;1-7(8)11-6-5-10-4-3-9-2;1-9-2-3-10-4-5-11-6(7)8;1-7-4-5-8-3-2-6;1-8-2(7)9-3(4,5)6;;/h6-8,14-15,17H,4-5,9-13,16H2,1-3H3;5-7,9-10,12H,3-4,8,11H2,1-2H3,(H,26,27);3-6H2,1-2H3;2-5H2,1H3;6H,2-5H2,1H3;1H3;2*1H4. The van der Waals surface area contributed by atoms with E-state index in [-0.39, 0.29) is 107 Å². The number of carbonyl (C=O) groups is 4. The molecule has 6 heterocycles. The van der Waals surface area contributed by atoms with Crippen molar-refractivity contribution in [3.63, 3.8) is 0 Å². The molecule has 6 aromatic heterocycles. The molecule has 8 aromatic rings. The van der Waals surface area contributed by atoms with Crippen molar-refractivity contribution in [2.75, 3.05) is 141 Å². The van der Waals surface area contributed by atoms with Gasteiger partial charge < -0.3 is 71.7 Å². The van der Waals surface area contributed by atoms with Crippen LogP contribution in [0.15, 0.2) is 92.5 Å². The van der Waals surface area contributed by atoms with Gasteiger partial charge in [-0.1, -0.05) is 53.0 Å². The fourth-order valence-corrected chi connectivity index (χ4v) is 9.65. The number of carbonyl (C=O) groups excluding carboxylic acids is 4. The summed E-state index contributed by atoms with van der Waals surface area (Å²) in [6.45, 7) is 15.3. The normalized spacial score (nSPS) is 11.0. The van der Waals surface area contributed by atoms with Gasteiger partial charge in [0.05, 0.1) is 141 Å². The number of esters is 1. The van der Waals surface area contributed by atoms with Crippen LogP contribution in [0.25, 0.3) is 45.1 Å². The maximum Gasteiger partial charge on any atom is 0.511 e. The summed E-state index contributed by atoms with van der Waals surface area (Å²) in [5.74, 6) is 0.0575. The lowest BCUT2D eigenvalue weighted by Gasteiger charge is -2.11. The Hall–Kier alpha value is -8.78. The molecule has 646 valence electrons. The zero-order chi connectivity index (χ0) is 84.3. The fraction of sp³-hybridized carbons (Fsp3) is 0.549. The lowest BCUT2D eigenvalue weighted by molar-refractivity contribution is -0.142. The number of imidazole rings is 2. The number of alkyl halides is 9. The molecular weight excluding hydrogens is 1630 g/mol. The molecule has 44 heteroatoms. The van der Waals surface area contributed by atoms with Gasteiger partial charge in [0.1, 0.15) is 31.2 Å². The summed E-state index contributed by atoms with van der Waals surface area (Å²) in [7, 11) is 7.44. The number of halogens is 10. The molecule has 0 radical (unpaired) electrons. The van der Waals surface area contributed by atoms with E-state index in [0.717, 1.165) is 40.5 Å². The third kappa shape index (κ3) is 36.5. The number of methoxy groups -OCH3 is 5. The molecule has 0 aliphatic heterocycles. The number of aliphatic hydroxyl groups excluding tert-OH is 1. The molecule has 0 saturated heterocycles. The molecule has 0 bridgehead atoms. The van der Waals surface area contributed by atoms with Crippen molar-refractivity contribution < 1.29 is 112 Å². The Kier molecular flexibility index (Phi) is 49.8. The number of rotatable bonds is 35. The van der Waals surface area contributed by atoms with E-state index in [1.165, 1.54) is 73.9 Å². The number of nitrogens with one attached hydrogen (secondary N) is 1. The van der Waals surface area contributed by atoms with E-state index in [1.54, 1.807) is 47.4 Å². The highest BCUT2D eigenvalue weighted by atomic mass is 35.6. The monoisotopic (exact) mass is 1730 g/mol. The van der Waals surface area contributed by atoms with Crippen molar-refractivity contribution in [2.45, 2.75) is 118 Å². The highest BCUT2D eigenvalue weighted by Gasteiger charge is 2.33. The predicted molar refractivity (Wildman–Crippen MR) is 414 cm³/mol. The van der Waals surface area contributed by atoms with E-state index in [9.17, 15) is 64.7 Å². The minimum absolute atomic E-state index is 0. The number of aromatic amines is 1. The molecule has 8 rings (SSSR count). The molecule has 0 aliphatic carbocycles. The summed E-state index contributed by atoms with van der Waals surface area (Å²) in [5, 5.41) is 16.6. The number of ether oxygens (including phenoxy) is 13. The van der Waals surface area contributed by atoms with Gasteiger partial charge >= 0.3 is 51.4 Å². The maximum absolute atomic E-state index is 13.5. The highest BCUT2D eigenvalue weighted by Crippen LogP contribution is 2.32. The summed E-state index contributed by atoms with van der Waals surface area (Å²) in [5.41, 5.74) is -2.47. The van der Waals surface area contributed by atoms with Crippen LogP contribution < -0.4 is 22.5 Å². The first kappa shape index (κ1) is 104. The number of aryl methyl sites for hydroxylation is 2. The molecule has 34 nitrogen and oxygen atoms in total. The second-order valence-corrected chi connectivity index (χ2v) is 25.1. The van der Waals surface area contributed by atoms with E-state index in [4.69, 9.17) is 89.4 Å². The topological polar surface area (TPSA) is 379 Å². The quantitative estimate of drug-likeness (QED) is 0.00930. The summed E-state index contributed by atoms with van der Waals surface area (Å²) < 4.78 is 147. The third-order valence-electron chi connectivity index (χ3n) is 14.3. The first-order valence-electron chi connectivity index (χ1n) is 34.5. The van der Waals surface area contributed by atoms with Crippen molar-refractivity contribution in [2.24, 2.45) is 0 Å². The lowest BCUT2D eigenvalue weighted by atomic mass is 10.1. The van der Waals surface area contributed by atoms with E-state index in [0.29, 0.717) is 128 Å². The van der Waals surface area contributed by atoms with E-state index in [2.05, 4.69) is 48.8 Å². The van der Waals surface area contributed by atoms with Gasteiger partial charge in [0.25, 0.3) is 11.1 Å². The molecule has 0 saturated carbocycles. The summed E-state index contributed by atoms with van der Waals surface area (Å²) in [6, 6.07) is 9.90. The van der Waals surface area contributed by atoms with Crippen LogP contribution in [-0.2, 0) is 118 Å². The Balaban J connectivity index is 0.000000789. The number of aliphatic hydroxyl groups is 1. The van der Waals surface area contributed by atoms with E-state index >= 15 is 0 Å². The molecule has 0 amide bonds. The van der Waals surface area contributed by atoms with Gasteiger partial charge in [-0.2, -0.15) is 36.5 Å². The Labute approximate surface area is 678 Å².